The second-order valence-electron chi connectivity index (χ2n) is 6.82. The minimum Gasteiger partial charge on any atom is -0.493 e. The fraction of sp³-hybridized carbons (Fsp3) is 0.227. The molecule has 2 aromatic carbocycles. The number of carboxylic acids is 1. The molecule has 3 aromatic rings. The van der Waals surface area contributed by atoms with E-state index in [1.54, 1.807) is 29.1 Å². The van der Waals surface area contributed by atoms with Crippen LogP contribution < -0.4 is 14.8 Å². The number of carboxylic acid groups (broad SMARTS) is 1. The summed E-state index contributed by atoms with van der Waals surface area (Å²) in [6.07, 6.45) is 1.65. The van der Waals surface area contributed by atoms with Crippen LogP contribution in [0.1, 0.15) is 34.6 Å². The monoisotopic (exact) mass is 427 g/mol. The van der Waals surface area contributed by atoms with E-state index in [0.717, 1.165) is 11.3 Å². The number of ether oxygens (including phenoxy) is 2. The van der Waals surface area contributed by atoms with Gasteiger partial charge in [0.25, 0.3) is 5.91 Å². The van der Waals surface area contributed by atoms with Gasteiger partial charge >= 0.3 is 5.97 Å². The lowest BCUT2D eigenvalue weighted by atomic mass is 10.1. The Kier molecular flexibility index (Phi) is 6.54. The van der Waals surface area contributed by atoms with E-state index in [0.29, 0.717) is 11.4 Å². The summed E-state index contributed by atoms with van der Waals surface area (Å²) in [5, 5.41) is 16.1. The second-order valence-corrected chi connectivity index (χ2v) is 6.82. The number of benzene rings is 2. The van der Waals surface area contributed by atoms with Gasteiger partial charge in [-0.2, -0.15) is 5.10 Å². The number of aromatic nitrogens is 2. The molecule has 162 valence electrons. The van der Waals surface area contributed by atoms with E-state index in [4.69, 9.17) is 14.6 Å². The molecule has 2 N–H and O–H groups in total. The first-order valence-corrected chi connectivity index (χ1v) is 9.44. The molecule has 9 heteroatoms. The highest BCUT2D eigenvalue weighted by atomic mass is 19.1. The van der Waals surface area contributed by atoms with Crippen molar-refractivity contribution >= 4 is 11.9 Å². The Hall–Kier alpha value is -3.88. The average molecular weight is 427 g/mol. The molecule has 0 bridgehead atoms. The number of hydrogen-bond donors (Lipinski definition) is 2. The Morgan fingerprint density at radius 3 is 2.55 bits per heavy atom. The molecule has 1 atom stereocenters. The molecule has 31 heavy (non-hydrogen) atoms. The van der Waals surface area contributed by atoms with Crippen LogP contribution in [-0.2, 0) is 4.79 Å². The molecular formula is C22H22FN3O5. The highest BCUT2D eigenvalue weighted by Crippen LogP contribution is 2.28. The summed E-state index contributed by atoms with van der Waals surface area (Å²) in [5.41, 5.74) is 2.60. The maximum absolute atomic E-state index is 13.2. The lowest BCUT2D eigenvalue weighted by molar-refractivity contribution is -0.139. The van der Waals surface area contributed by atoms with Crippen molar-refractivity contribution in [2.45, 2.75) is 19.9 Å². The van der Waals surface area contributed by atoms with E-state index in [1.165, 1.54) is 31.4 Å². The van der Waals surface area contributed by atoms with E-state index in [1.807, 2.05) is 13.8 Å². The standard InChI is InChI=1S/C22H22FN3O5/c1-13(18-11-24-26(14(18)2)17-7-5-16(23)6-8-17)25-22(29)15-4-9-19(30-3)20(10-15)31-12-21(27)28/h4-11,13H,12H2,1-3H3,(H,25,29)(H,27,28)/t13-/m0/s1. The molecule has 0 unspecified atom stereocenters. The molecule has 8 nitrogen and oxygen atoms in total. The van der Waals surface area contributed by atoms with Crippen molar-refractivity contribution in [2.24, 2.45) is 0 Å². The third-order valence-corrected chi connectivity index (χ3v) is 4.71. The Bertz CT molecular complexity index is 1100. The van der Waals surface area contributed by atoms with E-state index >= 15 is 0 Å². The SMILES string of the molecule is COc1ccc(C(=O)N[C@@H](C)c2cnn(-c3ccc(F)cc3)c2C)cc1OCC(=O)O. The molecule has 0 radical (unpaired) electrons. The van der Waals surface area contributed by atoms with Crippen LogP contribution in [0.5, 0.6) is 11.5 Å². The number of amides is 1. The Balaban J connectivity index is 1.77. The minimum atomic E-state index is -1.14. The van der Waals surface area contributed by atoms with Gasteiger partial charge in [0.1, 0.15) is 5.82 Å². The van der Waals surface area contributed by atoms with Gasteiger partial charge in [-0.25, -0.2) is 13.9 Å². The number of methoxy groups -OCH3 is 1. The van der Waals surface area contributed by atoms with Crippen LogP contribution >= 0.6 is 0 Å². The molecule has 0 spiro atoms. The van der Waals surface area contributed by atoms with Gasteiger partial charge in [-0.15, -0.1) is 0 Å². The van der Waals surface area contributed by atoms with Crippen molar-refractivity contribution in [1.29, 1.82) is 0 Å². The van der Waals surface area contributed by atoms with Gasteiger partial charge in [-0.3, -0.25) is 4.79 Å². The molecule has 1 heterocycles. The van der Waals surface area contributed by atoms with Crippen molar-refractivity contribution in [2.75, 3.05) is 13.7 Å². The Labute approximate surface area is 178 Å². The lowest BCUT2D eigenvalue weighted by Crippen LogP contribution is -2.27. The summed E-state index contributed by atoms with van der Waals surface area (Å²) in [5.74, 6) is -1.36. The zero-order chi connectivity index (χ0) is 22.5. The van der Waals surface area contributed by atoms with Crippen molar-refractivity contribution in [3.05, 3.63) is 71.3 Å². The van der Waals surface area contributed by atoms with E-state index in [2.05, 4.69) is 10.4 Å². The molecule has 1 amide bonds. The molecule has 0 aliphatic rings. The first kappa shape index (κ1) is 21.8. The van der Waals surface area contributed by atoms with Gasteiger partial charge in [0.05, 0.1) is 25.0 Å². The van der Waals surface area contributed by atoms with Gasteiger partial charge in [0.2, 0.25) is 0 Å². The van der Waals surface area contributed by atoms with Crippen LogP contribution in [0.2, 0.25) is 0 Å². The van der Waals surface area contributed by atoms with Gasteiger partial charge in [0.15, 0.2) is 18.1 Å². The number of carbonyl (C=O) groups is 2. The minimum absolute atomic E-state index is 0.158. The smallest absolute Gasteiger partial charge is 0.341 e. The summed E-state index contributed by atoms with van der Waals surface area (Å²) in [7, 11) is 1.42. The molecule has 3 rings (SSSR count). The summed E-state index contributed by atoms with van der Waals surface area (Å²) >= 11 is 0. The van der Waals surface area contributed by atoms with Gasteiger partial charge in [0, 0.05) is 16.8 Å². The van der Waals surface area contributed by atoms with Crippen LogP contribution in [0.4, 0.5) is 4.39 Å². The van der Waals surface area contributed by atoms with E-state index in [9.17, 15) is 14.0 Å². The number of nitrogens with one attached hydrogen (secondary N) is 1. The van der Waals surface area contributed by atoms with Gasteiger partial charge < -0.3 is 19.9 Å². The van der Waals surface area contributed by atoms with Crippen LogP contribution in [0.3, 0.4) is 0 Å². The number of aliphatic carboxylic acids is 1. The van der Waals surface area contributed by atoms with Crippen molar-refractivity contribution in [3.63, 3.8) is 0 Å². The van der Waals surface area contributed by atoms with Crippen molar-refractivity contribution < 1.29 is 28.6 Å². The predicted molar refractivity (Wildman–Crippen MR) is 110 cm³/mol. The molecule has 0 saturated heterocycles. The highest BCUT2D eigenvalue weighted by molar-refractivity contribution is 5.95. The number of carbonyl (C=O) groups excluding carboxylic acids is 1. The quantitative estimate of drug-likeness (QED) is 0.572. The van der Waals surface area contributed by atoms with Crippen molar-refractivity contribution in [1.82, 2.24) is 15.1 Å². The number of hydrogen-bond acceptors (Lipinski definition) is 5. The zero-order valence-corrected chi connectivity index (χ0v) is 17.3. The molecule has 0 aliphatic heterocycles. The first-order chi connectivity index (χ1) is 14.8. The highest BCUT2D eigenvalue weighted by Gasteiger charge is 2.19. The second kappa shape index (κ2) is 9.29. The van der Waals surface area contributed by atoms with Crippen LogP contribution in [0, 0.1) is 12.7 Å². The van der Waals surface area contributed by atoms with Crippen molar-refractivity contribution in [3.8, 4) is 17.2 Å². The fourth-order valence-electron chi connectivity index (χ4n) is 3.12. The summed E-state index contributed by atoms with van der Waals surface area (Å²) in [6.45, 7) is 3.13. The molecule has 0 saturated carbocycles. The number of nitrogens with zero attached hydrogens (tertiary/aromatic N) is 2. The largest absolute Gasteiger partial charge is 0.493 e. The van der Waals surface area contributed by atoms with Crippen LogP contribution in [0.15, 0.2) is 48.7 Å². The van der Waals surface area contributed by atoms with Gasteiger partial charge in [-0.05, 0) is 56.3 Å². The lowest BCUT2D eigenvalue weighted by Gasteiger charge is -2.15. The number of rotatable bonds is 8. The van der Waals surface area contributed by atoms with Crippen LogP contribution in [-0.4, -0.2) is 40.5 Å². The normalized spacial score (nSPS) is 11.6. The van der Waals surface area contributed by atoms with E-state index in [-0.39, 0.29) is 29.1 Å². The predicted octanol–water partition coefficient (Wildman–Crippen LogP) is 3.28. The van der Waals surface area contributed by atoms with Gasteiger partial charge in [-0.1, -0.05) is 0 Å². The fourth-order valence-corrected chi connectivity index (χ4v) is 3.12. The zero-order valence-electron chi connectivity index (χ0n) is 17.3. The first-order valence-electron chi connectivity index (χ1n) is 9.44. The Morgan fingerprint density at radius 1 is 1.19 bits per heavy atom. The molecule has 0 aliphatic carbocycles. The third kappa shape index (κ3) is 5.00. The molecule has 0 fully saturated rings. The maximum Gasteiger partial charge on any atom is 0.341 e. The molecular weight excluding hydrogens is 405 g/mol. The van der Waals surface area contributed by atoms with Crippen LogP contribution in [0.25, 0.3) is 5.69 Å². The number of halogens is 1. The molecule has 1 aromatic heterocycles. The maximum atomic E-state index is 13.2. The summed E-state index contributed by atoms with van der Waals surface area (Å²) in [6, 6.07) is 10.1. The summed E-state index contributed by atoms with van der Waals surface area (Å²) < 4.78 is 25.2. The van der Waals surface area contributed by atoms with E-state index < -0.39 is 12.6 Å². The average Bonchev–Trinajstić information content (AvgIpc) is 3.13. The summed E-state index contributed by atoms with van der Waals surface area (Å²) in [4.78, 5) is 23.5. The Morgan fingerprint density at radius 2 is 1.90 bits per heavy atom. The topological polar surface area (TPSA) is 103 Å². The third-order valence-electron chi connectivity index (χ3n) is 4.71.